The largest absolute Gasteiger partial charge is 0.379 e. The highest BCUT2D eigenvalue weighted by Crippen LogP contribution is 2.23. The second-order valence-electron chi connectivity index (χ2n) is 7.37. The van der Waals surface area contributed by atoms with E-state index in [1.54, 1.807) is 0 Å². The van der Waals surface area contributed by atoms with Crippen molar-refractivity contribution in [1.29, 1.82) is 0 Å². The van der Waals surface area contributed by atoms with Crippen molar-refractivity contribution >= 4 is 35.6 Å². The molecule has 0 amide bonds. The Morgan fingerprint density at radius 2 is 1.93 bits per heavy atom. The minimum atomic E-state index is 0. The van der Waals surface area contributed by atoms with Crippen LogP contribution in [0.3, 0.4) is 0 Å². The first-order chi connectivity index (χ1) is 13.3. The summed E-state index contributed by atoms with van der Waals surface area (Å²) in [5.74, 6) is 0.893. The molecule has 2 saturated heterocycles. The van der Waals surface area contributed by atoms with Crippen LogP contribution in [-0.2, 0) is 4.74 Å². The number of nitrogens with zero attached hydrogens (tertiary/aromatic N) is 3. The lowest BCUT2D eigenvalue weighted by Crippen LogP contribution is -2.40. The number of hydrogen-bond donors (Lipinski definition) is 2. The maximum atomic E-state index is 5.41. The predicted octanol–water partition coefficient (Wildman–Crippen LogP) is 2.85. The van der Waals surface area contributed by atoms with E-state index in [1.807, 2.05) is 0 Å². The van der Waals surface area contributed by atoms with Crippen molar-refractivity contribution in [2.24, 2.45) is 4.99 Å². The van der Waals surface area contributed by atoms with Gasteiger partial charge in [-0.05, 0) is 44.4 Å². The summed E-state index contributed by atoms with van der Waals surface area (Å²) in [5.41, 5.74) is 2.64. The molecule has 1 atom stereocenters. The van der Waals surface area contributed by atoms with Gasteiger partial charge in [0.1, 0.15) is 0 Å². The van der Waals surface area contributed by atoms with Crippen molar-refractivity contribution < 1.29 is 4.74 Å². The third-order valence-corrected chi connectivity index (χ3v) is 5.33. The van der Waals surface area contributed by atoms with Crippen LogP contribution in [0.5, 0.6) is 0 Å². The van der Waals surface area contributed by atoms with Crippen LogP contribution in [0.4, 0.5) is 5.69 Å². The van der Waals surface area contributed by atoms with E-state index in [2.05, 4.69) is 58.5 Å². The summed E-state index contributed by atoms with van der Waals surface area (Å²) in [5, 5.41) is 6.94. The van der Waals surface area contributed by atoms with Gasteiger partial charge in [0.2, 0.25) is 0 Å². The Balaban J connectivity index is 0.00000280. The predicted molar refractivity (Wildman–Crippen MR) is 128 cm³/mol. The summed E-state index contributed by atoms with van der Waals surface area (Å²) in [6, 6.07) is 9.13. The molecule has 2 fully saturated rings. The molecule has 0 radical (unpaired) electrons. The lowest BCUT2D eigenvalue weighted by Gasteiger charge is -2.26. The molecule has 0 aliphatic carbocycles. The highest BCUT2D eigenvalue weighted by atomic mass is 127. The van der Waals surface area contributed by atoms with Crippen LogP contribution < -0.4 is 15.5 Å². The van der Waals surface area contributed by atoms with E-state index in [1.165, 1.54) is 37.2 Å². The Labute approximate surface area is 187 Å². The Bertz CT molecular complexity index is 600. The molecule has 0 spiro atoms. The summed E-state index contributed by atoms with van der Waals surface area (Å²) < 4.78 is 5.41. The number of morpholine rings is 1. The average molecular weight is 501 g/mol. The highest BCUT2D eigenvalue weighted by Gasteiger charge is 2.15. The first-order valence-electron chi connectivity index (χ1n) is 10.5. The molecule has 28 heavy (non-hydrogen) atoms. The van der Waals surface area contributed by atoms with Gasteiger partial charge in [-0.25, -0.2) is 0 Å². The summed E-state index contributed by atoms with van der Waals surface area (Å²) in [6.07, 6.45) is 2.61. The molecule has 1 unspecified atom stereocenters. The van der Waals surface area contributed by atoms with Crippen molar-refractivity contribution in [3.8, 4) is 0 Å². The van der Waals surface area contributed by atoms with E-state index in [-0.39, 0.29) is 30.0 Å². The number of nitrogens with one attached hydrogen (secondary N) is 2. The molecule has 0 aromatic heterocycles. The highest BCUT2D eigenvalue weighted by molar-refractivity contribution is 14.0. The fraction of sp³-hybridized carbons (Fsp3) is 0.667. The first kappa shape index (κ1) is 23.2. The molecular formula is C21H36IN5O. The zero-order valence-electron chi connectivity index (χ0n) is 17.3. The Hall–Kier alpha value is -1.06. The van der Waals surface area contributed by atoms with Gasteiger partial charge in [0, 0.05) is 45.0 Å². The van der Waals surface area contributed by atoms with Gasteiger partial charge in [0.15, 0.2) is 5.96 Å². The molecule has 6 nitrogen and oxygen atoms in total. The topological polar surface area (TPSA) is 52.1 Å². The smallest absolute Gasteiger partial charge is 0.191 e. The van der Waals surface area contributed by atoms with Crippen molar-refractivity contribution in [2.75, 3.05) is 63.9 Å². The summed E-state index contributed by atoms with van der Waals surface area (Å²) in [7, 11) is 0. The Morgan fingerprint density at radius 3 is 2.64 bits per heavy atom. The first-order valence-corrected chi connectivity index (χ1v) is 10.5. The standard InChI is InChI=1S/C21H35N5O.HI/c1-3-22-21(23-9-12-25-13-15-27-16-14-25)24-18(2)19-7-6-8-20(17-19)26-10-4-5-11-26;/h6-8,17-18H,3-5,9-16H2,1-2H3,(H2,22,23,24);1H. The van der Waals surface area contributed by atoms with Crippen LogP contribution in [0.2, 0.25) is 0 Å². The molecule has 158 valence electrons. The molecule has 1 aromatic carbocycles. The van der Waals surface area contributed by atoms with E-state index >= 15 is 0 Å². The number of anilines is 1. The van der Waals surface area contributed by atoms with E-state index in [0.29, 0.717) is 0 Å². The van der Waals surface area contributed by atoms with Crippen LogP contribution in [0.25, 0.3) is 0 Å². The number of rotatable bonds is 7. The molecule has 2 N–H and O–H groups in total. The number of benzene rings is 1. The monoisotopic (exact) mass is 501 g/mol. The fourth-order valence-corrected chi connectivity index (χ4v) is 3.70. The molecule has 0 bridgehead atoms. The van der Waals surface area contributed by atoms with E-state index in [4.69, 9.17) is 9.73 Å². The zero-order chi connectivity index (χ0) is 18.9. The second kappa shape index (κ2) is 12.5. The van der Waals surface area contributed by atoms with Gasteiger partial charge in [0.25, 0.3) is 0 Å². The SMILES string of the molecule is CCNC(=NCCN1CCOCC1)NC(C)c1cccc(N2CCCC2)c1.I. The number of guanidine groups is 1. The maximum Gasteiger partial charge on any atom is 0.191 e. The summed E-state index contributed by atoms with van der Waals surface area (Å²) in [4.78, 5) is 9.67. The molecule has 2 aliphatic rings. The third-order valence-electron chi connectivity index (χ3n) is 5.33. The van der Waals surface area contributed by atoms with Crippen LogP contribution in [0.15, 0.2) is 29.3 Å². The van der Waals surface area contributed by atoms with Crippen molar-refractivity contribution in [3.63, 3.8) is 0 Å². The van der Waals surface area contributed by atoms with Gasteiger partial charge in [0.05, 0.1) is 25.8 Å². The van der Waals surface area contributed by atoms with Crippen molar-refractivity contribution in [2.45, 2.75) is 32.7 Å². The molecule has 0 saturated carbocycles. The lowest BCUT2D eigenvalue weighted by atomic mass is 10.1. The van der Waals surface area contributed by atoms with Crippen LogP contribution in [0, 0.1) is 0 Å². The molecule has 2 heterocycles. The maximum absolute atomic E-state index is 5.41. The van der Waals surface area contributed by atoms with Crippen molar-refractivity contribution in [1.82, 2.24) is 15.5 Å². The van der Waals surface area contributed by atoms with E-state index in [9.17, 15) is 0 Å². The van der Waals surface area contributed by atoms with Gasteiger partial charge in [-0.2, -0.15) is 0 Å². The van der Waals surface area contributed by atoms with E-state index in [0.717, 1.165) is 51.9 Å². The van der Waals surface area contributed by atoms with E-state index < -0.39 is 0 Å². The van der Waals surface area contributed by atoms with Crippen LogP contribution in [0.1, 0.15) is 38.3 Å². The number of ether oxygens (including phenoxy) is 1. The molecule has 2 aliphatic heterocycles. The van der Waals surface area contributed by atoms with Crippen molar-refractivity contribution in [3.05, 3.63) is 29.8 Å². The van der Waals surface area contributed by atoms with Gasteiger partial charge < -0.3 is 20.3 Å². The molecule has 3 rings (SSSR count). The molecular weight excluding hydrogens is 465 g/mol. The van der Waals surface area contributed by atoms with Gasteiger partial charge in [-0.15, -0.1) is 24.0 Å². The minimum absolute atomic E-state index is 0. The number of hydrogen-bond acceptors (Lipinski definition) is 4. The average Bonchev–Trinajstić information content (AvgIpc) is 3.24. The third kappa shape index (κ3) is 7.08. The number of aliphatic imine (C=N–C) groups is 1. The summed E-state index contributed by atoms with van der Waals surface area (Å²) >= 11 is 0. The fourth-order valence-electron chi connectivity index (χ4n) is 3.70. The Morgan fingerprint density at radius 1 is 1.18 bits per heavy atom. The molecule has 1 aromatic rings. The van der Waals surface area contributed by atoms with Gasteiger partial charge in [-0.3, -0.25) is 9.89 Å². The normalized spacial score (nSPS) is 19.2. The molecule has 7 heteroatoms. The van der Waals surface area contributed by atoms with Crippen LogP contribution >= 0.6 is 24.0 Å². The van der Waals surface area contributed by atoms with Gasteiger partial charge >= 0.3 is 0 Å². The minimum Gasteiger partial charge on any atom is -0.379 e. The van der Waals surface area contributed by atoms with Gasteiger partial charge in [-0.1, -0.05) is 12.1 Å². The summed E-state index contributed by atoms with van der Waals surface area (Å²) in [6.45, 7) is 13.0. The second-order valence-corrected chi connectivity index (χ2v) is 7.37. The quantitative estimate of drug-likeness (QED) is 0.342. The Kier molecular flexibility index (Phi) is 10.4. The lowest BCUT2D eigenvalue weighted by molar-refractivity contribution is 0.0394. The number of halogens is 1. The zero-order valence-corrected chi connectivity index (χ0v) is 19.7. The van der Waals surface area contributed by atoms with Crippen LogP contribution in [-0.4, -0.2) is 69.9 Å².